The zero-order chi connectivity index (χ0) is 19.6. The van der Waals surface area contributed by atoms with E-state index < -0.39 is 14.0 Å². The van der Waals surface area contributed by atoms with Gasteiger partial charge in [-0.2, -0.15) is 0 Å². The van der Waals surface area contributed by atoms with E-state index in [1.165, 1.54) is 0 Å². The van der Waals surface area contributed by atoms with Crippen LogP contribution >= 0.6 is 7.82 Å². The fourth-order valence-corrected chi connectivity index (χ4v) is 3.38. The average Bonchev–Trinajstić information content (AvgIpc) is 2.62. The maximum atomic E-state index is 12.2. The van der Waals surface area contributed by atoms with Crippen molar-refractivity contribution in [1.29, 1.82) is 0 Å². The van der Waals surface area contributed by atoms with Gasteiger partial charge in [-0.25, -0.2) is 9.36 Å². The summed E-state index contributed by atoms with van der Waals surface area (Å²) in [5.41, 5.74) is 0. The number of carbonyl (C=O) groups excluding carboxylic acids is 2. The quantitative estimate of drug-likeness (QED) is 0.208. The van der Waals surface area contributed by atoms with Crippen molar-refractivity contribution in [2.75, 3.05) is 40.0 Å². The Kier molecular flexibility index (Phi) is 10.3. The SMILES string of the molecule is COP(=O)(O)OCC1CCN(C(=O)CCCCCNC(=O)F)CC1CO. The van der Waals surface area contributed by atoms with Crippen molar-refractivity contribution >= 4 is 19.9 Å². The van der Waals surface area contributed by atoms with Gasteiger partial charge in [0.05, 0.1) is 6.61 Å². The molecule has 0 radical (unpaired) electrons. The van der Waals surface area contributed by atoms with Crippen molar-refractivity contribution < 1.29 is 37.6 Å². The Morgan fingerprint density at radius 3 is 2.65 bits per heavy atom. The van der Waals surface area contributed by atoms with Crippen molar-refractivity contribution in [2.24, 2.45) is 11.8 Å². The van der Waals surface area contributed by atoms with Gasteiger partial charge in [0.15, 0.2) is 0 Å². The first-order valence-electron chi connectivity index (χ1n) is 8.64. The molecule has 152 valence electrons. The van der Waals surface area contributed by atoms with E-state index in [-0.39, 0.29) is 37.5 Å². The molecule has 1 saturated heterocycles. The Bertz CT molecular complexity index is 508. The van der Waals surface area contributed by atoms with E-state index in [0.717, 1.165) is 7.11 Å². The fraction of sp³-hybridized carbons (Fsp3) is 0.867. The number of rotatable bonds is 11. The van der Waals surface area contributed by atoms with Gasteiger partial charge >= 0.3 is 14.0 Å². The number of phosphoric acid groups is 1. The van der Waals surface area contributed by atoms with Gasteiger partial charge in [-0.3, -0.25) is 13.8 Å². The molecule has 26 heavy (non-hydrogen) atoms. The summed E-state index contributed by atoms with van der Waals surface area (Å²) in [6.07, 6.45) is 1.29. The largest absolute Gasteiger partial charge is 0.471 e. The molecular formula is C15H28FN2O7P. The third-order valence-corrected chi connectivity index (χ3v) is 5.43. The molecule has 11 heteroatoms. The second-order valence-corrected chi connectivity index (χ2v) is 7.85. The average molecular weight is 398 g/mol. The number of likely N-dealkylation sites (tertiary alicyclic amines) is 1. The van der Waals surface area contributed by atoms with E-state index in [1.807, 2.05) is 0 Å². The zero-order valence-electron chi connectivity index (χ0n) is 14.9. The van der Waals surface area contributed by atoms with Gasteiger partial charge in [0.2, 0.25) is 5.91 Å². The molecule has 2 amide bonds. The Morgan fingerprint density at radius 2 is 2.04 bits per heavy atom. The standard InChI is InChI=1S/C15H28FN2O7P/c1-24-26(22,23)25-11-12-6-8-18(9-13(12)10-19)14(20)5-3-2-4-7-17-15(16)21/h12-13,19H,2-11H2,1H3,(H,17,21)(H,22,23). The van der Waals surface area contributed by atoms with E-state index >= 15 is 0 Å². The lowest BCUT2D eigenvalue weighted by atomic mass is 9.86. The lowest BCUT2D eigenvalue weighted by molar-refractivity contribution is -0.134. The minimum Gasteiger partial charge on any atom is -0.396 e. The second kappa shape index (κ2) is 11.6. The van der Waals surface area contributed by atoms with Crippen LogP contribution in [0.25, 0.3) is 0 Å². The van der Waals surface area contributed by atoms with Crippen molar-refractivity contribution in [3.63, 3.8) is 0 Å². The molecule has 1 aliphatic rings. The minimum absolute atomic E-state index is 0.0187. The number of piperidine rings is 1. The number of hydrogen-bond acceptors (Lipinski definition) is 6. The van der Waals surface area contributed by atoms with Crippen LogP contribution in [0.15, 0.2) is 0 Å². The van der Waals surface area contributed by atoms with Crippen LogP contribution in [-0.2, 0) is 18.4 Å². The van der Waals surface area contributed by atoms with Crippen molar-refractivity contribution in [1.82, 2.24) is 10.2 Å². The van der Waals surface area contributed by atoms with Crippen LogP contribution in [0.5, 0.6) is 0 Å². The molecular weight excluding hydrogens is 370 g/mol. The van der Waals surface area contributed by atoms with Crippen molar-refractivity contribution in [3.8, 4) is 0 Å². The molecule has 0 spiro atoms. The monoisotopic (exact) mass is 398 g/mol. The van der Waals surface area contributed by atoms with Crippen LogP contribution in [-0.4, -0.2) is 66.9 Å². The van der Waals surface area contributed by atoms with Gasteiger partial charge in [-0.1, -0.05) is 6.42 Å². The Balaban J connectivity index is 2.32. The third-order valence-electron chi connectivity index (χ3n) is 4.49. The number of phosphoric ester groups is 1. The molecule has 0 aliphatic carbocycles. The predicted octanol–water partition coefficient (Wildman–Crippen LogP) is 1.45. The van der Waals surface area contributed by atoms with Crippen LogP contribution < -0.4 is 5.32 Å². The summed E-state index contributed by atoms with van der Waals surface area (Å²) in [6, 6.07) is 0. The van der Waals surface area contributed by atoms with Crippen molar-refractivity contribution in [3.05, 3.63) is 0 Å². The Labute approximate surface area is 152 Å². The van der Waals surface area contributed by atoms with Gasteiger partial charge in [-0.15, -0.1) is 4.39 Å². The number of carbonyl (C=O) groups is 2. The molecule has 1 aliphatic heterocycles. The third kappa shape index (κ3) is 8.55. The number of halogens is 1. The van der Waals surface area contributed by atoms with Gasteiger partial charge in [0.25, 0.3) is 0 Å². The number of nitrogens with one attached hydrogen (secondary N) is 1. The van der Waals surface area contributed by atoms with Gasteiger partial charge in [0.1, 0.15) is 0 Å². The summed E-state index contributed by atoms with van der Waals surface area (Å²) in [5, 5.41) is 11.6. The van der Waals surface area contributed by atoms with E-state index in [1.54, 1.807) is 4.90 Å². The van der Waals surface area contributed by atoms with Crippen LogP contribution in [0.4, 0.5) is 9.18 Å². The molecule has 1 fully saturated rings. The molecule has 1 rings (SSSR count). The number of nitrogens with zero attached hydrogens (tertiary/aromatic N) is 1. The lowest BCUT2D eigenvalue weighted by Gasteiger charge is -2.37. The highest BCUT2D eigenvalue weighted by atomic mass is 31.2. The Morgan fingerprint density at radius 1 is 1.31 bits per heavy atom. The maximum absolute atomic E-state index is 12.2. The molecule has 0 bridgehead atoms. The molecule has 0 saturated carbocycles. The van der Waals surface area contributed by atoms with Crippen LogP contribution in [0.2, 0.25) is 0 Å². The van der Waals surface area contributed by atoms with E-state index in [9.17, 15) is 28.5 Å². The number of aliphatic hydroxyl groups excluding tert-OH is 1. The van der Waals surface area contributed by atoms with Crippen molar-refractivity contribution in [2.45, 2.75) is 32.1 Å². The molecule has 3 unspecified atom stereocenters. The molecule has 1 heterocycles. The smallest absolute Gasteiger partial charge is 0.396 e. The molecule has 3 atom stereocenters. The highest BCUT2D eigenvalue weighted by Gasteiger charge is 2.33. The highest BCUT2D eigenvalue weighted by Crippen LogP contribution is 2.43. The molecule has 0 aromatic heterocycles. The molecule has 9 nitrogen and oxygen atoms in total. The van der Waals surface area contributed by atoms with Crippen LogP contribution in [0.3, 0.4) is 0 Å². The lowest BCUT2D eigenvalue weighted by Crippen LogP contribution is -2.46. The topological polar surface area (TPSA) is 125 Å². The number of amides is 2. The highest BCUT2D eigenvalue weighted by molar-refractivity contribution is 7.47. The minimum atomic E-state index is -4.05. The first-order valence-corrected chi connectivity index (χ1v) is 10.1. The summed E-state index contributed by atoms with van der Waals surface area (Å²) in [4.78, 5) is 33.3. The van der Waals surface area contributed by atoms with Crippen LogP contribution in [0, 0.1) is 11.8 Å². The van der Waals surface area contributed by atoms with Gasteiger partial charge < -0.3 is 20.2 Å². The molecule has 0 aromatic rings. The second-order valence-electron chi connectivity index (χ2n) is 6.29. The first kappa shape index (κ1) is 23.0. The Hall–Kier alpha value is -1.06. The number of hydrogen-bond donors (Lipinski definition) is 3. The summed E-state index contributed by atoms with van der Waals surface area (Å²) >= 11 is 0. The summed E-state index contributed by atoms with van der Waals surface area (Å²) < 4.78 is 32.6. The predicted molar refractivity (Wildman–Crippen MR) is 91.0 cm³/mol. The van der Waals surface area contributed by atoms with E-state index in [0.29, 0.717) is 45.2 Å². The fourth-order valence-electron chi connectivity index (χ4n) is 2.90. The van der Waals surface area contributed by atoms with Crippen LogP contribution in [0.1, 0.15) is 32.1 Å². The molecule has 3 N–H and O–H groups in total. The first-order chi connectivity index (χ1) is 12.3. The zero-order valence-corrected chi connectivity index (χ0v) is 15.8. The van der Waals surface area contributed by atoms with Gasteiger partial charge in [0, 0.05) is 45.7 Å². The normalized spacial score (nSPS) is 22.7. The van der Waals surface area contributed by atoms with Gasteiger partial charge in [-0.05, 0) is 25.2 Å². The van der Waals surface area contributed by atoms with E-state index in [2.05, 4.69) is 9.84 Å². The van der Waals surface area contributed by atoms with E-state index in [4.69, 9.17) is 4.52 Å². The number of aliphatic hydroxyl groups is 1. The molecule has 0 aromatic carbocycles. The number of unbranched alkanes of at least 4 members (excludes halogenated alkanes) is 2. The summed E-state index contributed by atoms with van der Waals surface area (Å²) in [6.45, 7) is 0.935. The maximum Gasteiger partial charge on any atom is 0.471 e. The summed E-state index contributed by atoms with van der Waals surface area (Å²) in [7, 11) is -2.97. The summed E-state index contributed by atoms with van der Waals surface area (Å²) in [5.74, 6) is -0.393.